The molecule has 29 heavy (non-hydrogen) atoms. The van der Waals surface area contributed by atoms with Gasteiger partial charge in [0.05, 0.1) is 4.90 Å². The number of sulfonamides is 1. The number of hydrogen-bond donors (Lipinski definition) is 4. The van der Waals surface area contributed by atoms with E-state index < -0.39 is 10.0 Å². The Bertz CT molecular complexity index is 1100. The second kappa shape index (κ2) is 7.64. The van der Waals surface area contributed by atoms with E-state index in [-0.39, 0.29) is 22.2 Å². The molecule has 0 amide bonds. The third-order valence-electron chi connectivity index (χ3n) is 3.74. The van der Waals surface area contributed by atoms with Crippen LogP contribution in [0.1, 0.15) is 20.8 Å². The van der Waals surface area contributed by atoms with E-state index in [4.69, 9.17) is 10.9 Å². The van der Waals surface area contributed by atoms with Crippen LogP contribution in [0.15, 0.2) is 41.6 Å². The molecule has 0 spiro atoms. The molecule has 2 aromatic heterocycles. The second-order valence-electron chi connectivity index (χ2n) is 7.58. The Kier molecular flexibility index (Phi) is 5.40. The molecule has 0 unspecified atom stereocenters. The summed E-state index contributed by atoms with van der Waals surface area (Å²) in [6.45, 7) is 7.08. The summed E-state index contributed by atoms with van der Waals surface area (Å²) in [4.78, 5) is 12.6. The molecule has 2 heterocycles. The Morgan fingerprint density at radius 3 is 2.45 bits per heavy atom. The van der Waals surface area contributed by atoms with Gasteiger partial charge in [-0.05, 0) is 29.7 Å². The van der Waals surface area contributed by atoms with Crippen molar-refractivity contribution in [2.24, 2.45) is 10.6 Å². The molecular weight excluding hydrogens is 394 g/mol. The highest BCUT2D eigenvalue weighted by atomic mass is 32.2. The van der Waals surface area contributed by atoms with Crippen LogP contribution in [0.25, 0.3) is 5.82 Å². The SMILES string of the molecule is CC(C)(C)CNc1cc(-n2nc(Nc3ccc(S(N)(=O)=O)cc3)nc2N)ncn1. The van der Waals surface area contributed by atoms with Crippen LogP contribution in [-0.4, -0.2) is 39.7 Å². The lowest BCUT2D eigenvalue weighted by molar-refractivity contribution is 0.442. The number of anilines is 4. The maximum absolute atomic E-state index is 11.3. The molecule has 0 aliphatic rings. The predicted molar refractivity (Wildman–Crippen MR) is 110 cm³/mol. The van der Waals surface area contributed by atoms with E-state index in [0.29, 0.717) is 17.3 Å². The Hall–Kier alpha value is -3.25. The van der Waals surface area contributed by atoms with Crippen molar-refractivity contribution in [1.29, 1.82) is 0 Å². The van der Waals surface area contributed by atoms with Gasteiger partial charge in [0.25, 0.3) is 0 Å². The average molecular weight is 417 g/mol. The van der Waals surface area contributed by atoms with Gasteiger partial charge in [-0.15, -0.1) is 5.10 Å². The van der Waals surface area contributed by atoms with Gasteiger partial charge >= 0.3 is 0 Å². The van der Waals surface area contributed by atoms with E-state index in [1.54, 1.807) is 18.2 Å². The molecule has 1 aromatic carbocycles. The van der Waals surface area contributed by atoms with Crippen LogP contribution in [0.4, 0.5) is 23.4 Å². The van der Waals surface area contributed by atoms with E-state index in [1.807, 2.05) is 0 Å². The van der Waals surface area contributed by atoms with Crippen molar-refractivity contribution >= 4 is 33.4 Å². The zero-order valence-corrected chi connectivity index (χ0v) is 17.1. The number of nitrogens with one attached hydrogen (secondary N) is 2. The standard InChI is InChI=1S/C17H23N9O2S/c1-17(2,3)9-20-13-8-14(22-10-21-13)26-15(18)24-16(25-26)23-11-4-6-12(7-5-11)29(19,27)28/h4-8,10H,9H2,1-3H3,(H2,19,27,28)(H,20,21,22)(H3,18,23,24,25). The van der Waals surface area contributed by atoms with Crippen LogP contribution in [-0.2, 0) is 10.0 Å². The van der Waals surface area contributed by atoms with Gasteiger partial charge in [0.15, 0.2) is 5.82 Å². The molecule has 0 saturated carbocycles. The molecule has 0 atom stereocenters. The molecule has 0 fully saturated rings. The van der Waals surface area contributed by atoms with Crippen molar-refractivity contribution in [2.45, 2.75) is 25.7 Å². The van der Waals surface area contributed by atoms with Gasteiger partial charge in [0, 0.05) is 18.3 Å². The molecule has 3 aromatic rings. The van der Waals surface area contributed by atoms with Gasteiger partial charge in [-0.25, -0.2) is 23.5 Å². The zero-order valence-electron chi connectivity index (χ0n) is 16.3. The number of primary sulfonamides is 1. The van der Waals surface area contributed by atoms with Crippen LogP contribution in [0.3, 0.4) is 0 Å². The van der Waals surface area contributed by atoms with Crippen molar-refractivity contribution in [2.75, 3.05) is 22.9 Å². The van der Waals surface area contributed by atoms with E-state index >= 15 is 0 Å². The van der Waals surface area contributed by atoms with E-state index in [9.17, 15) is 8.42 Å². The first-order valence-corrected chi connectivity index (χ1v) is 10.2. The summed E-state index contributed by atoms with van der Waals surface area (Å²) in [5.41, 5.74) is 6.64. The maximum atomic E-state index is 11.3. The highest BCUT2D eigenvalue weighted by Gasteiger charge is 2.14. The van der Waals surface area contributed by atoms with Crippen LogP contribution in [0.2, 0.25) is 0 Å². The molecule has 12 heteroatoms. The topological polar surface area (TPSA) is 167 Å². The first-order valence-electron chi connectivity index (χ1n) is 8.70. The summed E-state index contributed by atoms with van der Waals surface area (Å²) in [5.74, 6) is 1.47. The Morgan fingerprint density at radius 1 is 1.14 bits per heavy atom. The Balaban J connectivity index is 1.78. The average Bonchev–Trinajstić information content (AvgIpc) is 2.99. The molecule has 3 rings (SSSR count). The van der Waals surface area contributed by atoms with E-state index in [2.05, 4.69) is 51.5 Å². The van der Waals surface area contributed by atoms with Crippen LogP contribution < -0.4 is 21.5 Å². The smallest absolute Gasteiger partial charge is 0.248 e. The molecule has 154 valence electrons. The molecule has 0 radical (unpaired) electrons. The number of rotatable bonds is 6. The van der Waals surface area contributed by atoms with Gasteiger partial charge in [-0.2, -0.15) is 9.67 Å². The van der Waals surface area contributed by atoms with Gasteiger partial charge in [0.1, 0.15) is 12.1 Å². The van der Waals surface area contributed by atoms with Gasteiger partial charge in [-0.1, -0.05) is 20.8 Å². The van der Waals surface area contributed by atoms with Crippen molar-refractivity contribution in [1.82, 2.24) is 24.7 Å². The van der Waals surface area contributed by atoms with Crippen LogP contribution in [0, 0.1) is 5.41 Å². The molecular formula is C17H23N9O2S. The number of hydrogen-bond acceptors (Lipinski definition) is 9. The number of nitrogens with zero attached hydrogens (tertiary/aromatic N) is 5. The first kappa shape index (κ1) is 20.5. The maximum Gasteiger partial charge on any atom is 0.248 e. The number of aromatic nitrogens is 5. The monoisotopic (exact) mass is 417 g/mol. The fourth-order valence-corrected chi connectivity index (χ4v) is 2.83. The van der Waals surface area contributed by atoms with E-state index in [1.165, 1.54) is 23.1 Å². The molecule has 0 aliphatic heterocycles. The van der Waals surface area contributed by atoms with Crippen LogP contribution in [0.5, 0.6) is 0 Å². The van der Waals surface area contributed by atoms with Crippen molar-refractivity contribution in [3.05, 3.63) is 36.7 Å². The molecule has 0 bridgehead atoms. The van der Waals surface area contributed by atoms with Crippen molar-refractivity contribution in [3.8, 4) is 5.82 Å². The van der Waals surface area contributed by atoms with Crippen molar-refractivity contribution in [3.63, 3.8) is 0 Å². The van der Waals surface area contributed by atoms with Crippen LogP contribution >= 0.6 is 0 Å². The van der Waals surface area contributed by atoms with E-state index in [0.717, 1.165) is 6.54 Å². The first-order chi connectivity index (χ1) is 13.5. The zero-order chi connectivity index (χ0) is 21.2. The minimum absolute atomic E-state index is 0.0114. The fraction of sp³-hybridized carbons (Fsp3) is 0.294. The number of benzene rings is 1. The fourth-order valence-electron chi connectivity index (χ4n) is 2.32. The summed E-state index contributed by atoms with van der Waals surface area (Å²) in [7, 11) is -3.75. The van der Waals surface area contributed by atoms with Crippen molar-refractivity contribution < 1.29 is 8.42 Å². The third-order valence-corrected chi connectivity index (χ3v) is 4.67. The lowest BCUT2D eigenvalue weighted by atomic mass is 9.97. The highest BCUT2D eigenvalue weighted by molar-refractivity contribution is 7.89. The quantitative estimate of drug-likeness (QED) is 0.464. The van der Waals surface area contributed by atoms with Gasteiger partial charge in [0.2, 0.25) is 21.9 Å². The lowest BCUT2D eigenvalue weighted by Crippen LogP contribution is -2.19. The Labute approximate surface area is 168 Å². The normalized spacial score (nSPS) is 12.0. The van der Waals surface area contributed by atoms with Gasteiger partial charge in [-0.3, -0.25) is 0 Å². The summed E-state index contributed by atoms with van der Waals surface area (Å²) >= 11 is 0. The largest absolute Gasteiger partial charge is 0.369 e. The number of nitrogens with two attached hydrogens (primary N) is 2. The number of nitrogen functional groups attached to an aromatic ring is 1. The molecule has 6 N–H and O–H groups in total. The minimum atomic E-state index is -3.75. The Morgan fingerprint density at radius 2 is 1.83 bits per heavy atom. The summed E-state index contributed by atoms with van der Waals surface area (Å²) in [6.07, 6.45) is 1.42. The minimum Gasteiger partial charge on any atom is -0.369 e. The molecule has 11 nitrogen and oxygen atoms in total. The predicted octanol–water partition coefficient (Wildman–Crippen LogP) is 1.49. The van der Waals surface area contributed by atoms with Gasteiger partial charge < -0.3 is 16.4 Å². The summed E-state index contributed by atoms with van der Waals surface area (Å²) < 4.78 is 24.0. The lowest BCUT2D eigenvalue weighted by Gasteiger charge is -2.19. The second-order valence-corrected chi connectivity index (χ2v) is 9.14. The summed E-state index contributed by atoms with van der Waals surface area (Å²) in [6, 6.07) is 7.60. The molecule has 0 aliphatic carbocycles. The third kappa shape index (κ3) is 5.39. The highest BCUT2D eigenvalue weighted by Crippen LogP contribution is 2.20. The summed E-state index contributed by atoms with van der Waals surface area (Å²) in [5, 5.41) is 15.6. The molecule has 0 saturated heterocycles.